The number of rotatable bonds is 26. The van der Waals surface area contributed by atoms with Gasteiger partial charge in [0.25, 0.3) is 0 Å². The second kappa shape index (κ2) is 26.6. The number of hydrogen-bond acceptors (Lipinski definition) is 11. The Kier molecular flexibility index (Phi) is 22.8. The van der Waals surface area contributed by atoms with Crippen molar-refractivity contribution < 1.29 is 38.7 Å². The smallest absolute Gasteiger partial charge is 0.245 e. The van der Waals surface area contributed by atoms with E-state index in [0.717, 1.165) is 18.4 Å². The third-order valence-electron chi connectivity index (χ3n) is 9.60. The van der Waals surface area contributed by atoms with Gasteiger partial charge in [0.05, 0.1) is 19.2 Å². The molecule has 2 rings (SSSR count). The number of carbonyl (C=O) groups is 7. The molecule has 1 heterocycles. The number of aliphatic hydroxyl groups excluding tert-OH is 1. The molecule has 1 aliphatic heterocycles. The lowest BCUT2D eigenvalue weighted by Crippen LogP contribution is -2.59. The Morgan fingerprint density at radius 2 is 1.44 bits per heavy atom. The normalized spacial score (nSPS) is 16.4. The SMILES string of the molecule is CCCC[C@@H](NC(=O)[C@@H]1CCCN1C(=O)CNC(=O)[C@H](CCCCN)NC(=O)[C@H](CS)NC(=O)[C@H](CO)NC(=O)[C@@H](N)CC(C)C)C(=O)NCCc1ccccc1. The summed E-state index contributed by atoms with van der Waals surface area (Å²) in [6.45, 7) is 5.59. The molecule has 57 heavy (non-hydrogen) atoms. The van der Waals surface area contributed by atoms with Crippen LogP contribution in [0, 0.1) is 5.92 Å². The highest BCUT2D eigenvalue weighted by Gasteiger charge is 2.36. The molecule has 0 aliphatic carbocycles. The molecule has 0 bridgehead atoms. The molecule has 1 aromatic carbocycles. The van der Waals surface area contributed by atoms with Crippen LogP contribution in [0.3, 0.4) is 0 Å². The molecule has 1 fully saturated rings. The van der Waals surface area contributed by atoms with Crippen molar-refractivity contribution >= 4 is 54.0 Å². The number of likely N-dealkylation sites (tertiary alicyclic amines) is 1. The highest BCUT2D eigenvalue weighted by molar-refractivity contribution is 7.80. The Balaban J connectivity index is 2.02. The van der Waals surface area contributed by atoms with E-state index in [4.69, 9.17) is 11.5 Å². The number of thiol groups is 1. The van der Waals surface area contributed by atoms with E-state index in [1.807, 2.05) is 51.1 Å². The zero-order valence-electron chi connectivity index (χ0n) is 33.6. The van der Waals surface area contributed by atoms with E-state index in [-0.39, 0.29) is 30.5 Å². The van der Waals surface area contributed by atoms with Gasteiger partial charge in [0.1, 0.15) is 30.2 Å². The first-order valence-corrected chi connectivity index (χ1v) is 20.7. The third kappa shape index (κ3) is 17.4. The summed E-state index contributed by atoms with van der Waals surface area (Å²) in [4.78, 5) is 93.5. The van der Waals surface area contributed by atoms with Gasteiger partial charge in [0, 0.05) is 18.8 Å². The van der Waals surface area contributed by atoms with Gasteiger partial charge >= 0.3 is 0 Å². The van der Waals surface area contributed by atoms with Crippen molar-refractivity contribution in [3.05, 3.63) is 35.9 Å². The summed E-state index contributed by atoms with van der Waals surface area (Å²) >= 11 is 4.18. The van der Waals surface area contributed by atoms with E-state index in [2.05, 4.69) is 44.5 Å². The Bertz CT molecular complexity index is 1450. The van der Waals surface area contributed by atoms with E-state index < -0.39 is 84.8 Å². The Morgan fingerprint density at radius 1 is 0.825 bits per heavy atom. The van der Waals surface area contributed by atoms with Gasteiger partial charge in [-0.1, -0.05) is 63.9 Å². The Morgan fingerprint density at radius 3 is 2.07 bits per heavy atom. The molecule has 0 saturated carbocycles. The van der Waals surface area contributed by atoms with Gasteiger partial charge < -0.3 is 53.4 Å². The first-order chi connectivity index (χ1) is 27.3. The first kappa shape index (κ1) is 48.9. The summed E-state index contributed by atoms with van der Waals surface area (Å²) in [5, 5.41) is 25.6. The minimum atomic E-state index is -1.39. The molecule has 0 aromatic heterocycles. The summed E-state index contributed by atoms with van der Waals surface area (Å²) < 4.78 is 0. The lowest BCUT2D eigenvalue weighted by molar-refractivity contribution is -0.140. The van der Waals surface area contributed by atoms with Crippen molar-refractivity contribution in [2.75, 3.05) is 38.5 Å². The van der Waals surface area contributed by atoms with Crippen LogP contribution in [0.2, 0.25) is 0 Å². The van der Waals surface area contributed by atoms with Crippen LogP contribution in [0.15, 0.2) is 30.3 Å². The van der Waals surface area contributed by atoms with Crippen molar-refractivity contribution in [3.8, 4) is 0 Å². The van der Waals surface area contributed by atoms with Crippen molar-refractivity contribution in [2.24, 2.45) is 17.4 Å². The summed E-state index contributed by atoms with van der Waals surface area (Å²) in [5.41, 5.74) is 12.6. The number of unbranched alkanes of at least 4 members (excludes halogenated alkanes) is 2. The molecule has 1 aliphatic rings. The highest BCUT2D eigenvalue weighted by atomic mass is 32.1. The van der Waals surface area contributed by atoms with Gasteiger partial charge in [-0.3, -0.25) is 33.6 Å². The van der Waals surface area contributed by atoms with E-state index >= 15 is 0 Å². The summed E-state index contributed by atoms with van der Waals surface area (Å²) in [6.07, 6.45) is 5.11. The number of benzene rings is 1. The van der Waals surface area contributed by atoms with E-state index in [1.165, 1.54) is 4.90 Å². The standard InChI is InChI=1S/C39H65N9O8S/c1-4-5-14-28(35(52)42-19-17-26-12-7-6-8-13-26)45-39(56)32-16-11-20-48(32)33(50)22-43-36(53)29(15-9-10-18-40)44-38(55)31(24-57)47-37(54)30(23-49)46-34(51)27(41)21-25(2)3/h6-8,12-13,25,27-32,49,57H,4-5,9-11,14-24,40-41H2,1-3H3,(H,42,52)(H,43,53)(H,44,55)(H,45,56)(H,46,51)(H,47,54)/t27-,28+,29-,30-,31-,32-/m0/s1. The van der Waals surface area contributed by atoms with Crippen LogP contribution in [-0.4, -0.2) is 126 Å². The van der Waals surface area contributed by atoms with Crippen LogP contribution in [-0.2, 0) is 40.0 Å². The van der Waals surface area contributed by atoms with E-state index in [9.17, 15) is 38.7 Å². The fraction of sp³-hybridized carbons (Fsp3) is 0.667. The van der Waals surface area contributed by atoms with Gasteiger partial charge in [0.15, 0.2) is 0 Å². The minimum Gasteiger partial charge on any atom is -0.394 e. The molecule has 18 heteroatoms. The minimum absolute atomic E-state index is 0.117. The largest absolute Gasteiger partial charge is 0.394 e. The number of amides is 7. The maximum Gasteiger partial charge on any atom is 0.245 e. The average molecular weight is 820 g/mol. The molecule has 0 unspecified atom stereocenters. The molecule has 6 atom stereocenters. The van der Waals surface area contributed by atoms with Crippen molar-refractivity contribution in [1.29, 1.82) is 0 Å². The predicted molar refractivity (Wildman–Crippen MR) is 219 cm³/mol. The topological polar surface area (TPSA) is 267 Å². The molecule has 17 nitrogen and oxygen atoms in total. The predicted octanol–water partition coefficient (Wildman–Crippen LogP) is -0.994. The number of nitrogens with two attached hydrogens (primary N) is 2. The molecular weight excluding hydrogens is 755 g/mol. The second-order valence-corrected chi connectivity index (χ2v) is 15.1. The summed E-state index contributed by atoms with van der Waals surface area (Å²) in [5.74, 6) is -4.21. The van der Waals surface area contributed by atoms with Gasteiger partial charge in [-0.2, -0.15) is 12.6 Å². The maximum atomic E-state index is 13.5. The number of carbonyl (C=O) groups excluding carboxylic acids is 7. The Hall–Kier alpha value is -4.26. The fourth-order valence-electron chi connectivity index (χ4n) is 6.36. The molecule has 320 valence electrons. The average Bonchev–Trinajstić information content (AvgIpc) is 3.69. The van der Waals surface area contributed by atoms with Crippen LogP contribution in [0.1, 0.15) is 84.1 Å². The molecule has 0 radical (unpaired) electrons. The number of nitrogens with one attached hydrogen (secondary N) is 6. The lowest BCUT2D eigenvalue weighted by Gasteiger charge is -2.27. The fourth-order valence-corrected chi connectivity index (χ4v) is 6.61. The summed E-state index contributed by atoms with van der Waals surface area (Å²) in [6, 6.07) is 3.48. The summed E-state index contributed by atoms with van der Waals surface area (Å²) in [7, 11) is 0. The highest BCUT2D eigenvalue weighted by Crippen LogP contribution is 2.18. The molecule has 1 saturated heterocycles. The number of hydrogen-bond donors (Lipinski definition) is 10. The zero-order valence-corrected chi connectivity index (χ0v) is 34.5. The number of nitrogens with zero attached hydrogens (tertiary/aromatic N) is 1. The van der Waals surface area contributed by atoms with Crippen molar-refractivity contribution in [2.45, 2.75) is 121 Å². The second-order valence-electron chi connectivity index (χ2n) is 14.8. The van der Waals surface area contributed by atoms with Crippen LogP contribution < -0.4 is 43.4 Å². The van der Waals surface area contributed by atoms with E-state index in [1.54, 1.807) is 0 Å². The molecule has 11 N–H and O–H groups in total. The van der Waals surface area contributed by atoms with Crippen LogP contribution in [0.4, 0.5) is 0 Å². The molecule has 7 amide bonds. The first-order valence-electron chi connectivity index (χ1n) is 20.0. The van der Waals surface area contributed by atoms with Crippen LogP contribution >= 0.6 is 12.6 Å². The van der Waals surface area contributed by atoms with Gasteiger partial charge in [-0.05, 0) is 69.4 Å². The molecule has 1 aromatic rings. The monoisotopic (exact) mass is 819 g/mol. The van der Waals surface area contributed by atoms with Gasteiger partial charge in [-0.15, -0.1) is 0 Å². The quantitative estimate of drug-likeness (QED) is 0.0403. The van der Waals surface area contributed by atoms with Gasteiger partial charge in [0.2, 0.25) is 41.4 Å². The van der Waals surface area contributed by atoms with Crippen molar-refractivity contribution in [3.63, 3.8) is 0 Å². The van der Waals surface area contributed by atoms with E-state index in [0.29, 0.717) is 58.0 Å². The third-order valence-corrected chi connectivity index (χ3v) is 9.96. The lowest BCUT2D eigenvalue weighted by atomic mass is 10.0. The number of aliphatic hydroxyl groups is 1. The van der Waals surface area contributed by atoms with Crippen molar-refractivity contribution in [1.82, 2.24) is 36.8 Å². The molecule has 0 spiro atoms. The van der Waals surface area contributed by atoms with Crippen LogP contribution in [0.5, 0.6) is 0 Å². The zero-order chi connectivity index (χ0) is 42.3. The molecular formula is C39H65N9O8S. The maximum absolute atomic E-state index is 13.5. The Labute approximate surface area is 341 Å². The van der Waals surface area contributed by atoms with Gasteiger partial charge in [-0.25, -0.2) is 0 Å². The van der Waals surface area contributed by atoms with Crippen LogP contribution in [0.25, 0.3) is 0 Å².